The summed E-state index contributed by atoms with van der Waals surface area (Å²) in [5.41, 5.74) is 2.21. The topological polar surface area (TPSA) is 38.3 Å². The van der Waals surface area contributed by atoms with E-state index in [1.807, 2.05) is 0 Å². The van der Waals surface area contributed by atoms with Crippen molar-refractivity contribution in [1.29, 1.82) is 0 Å². The summed E-state index contributed by atoms with van der Waals surface area (Å²) in [6.45, 7) is 7.57. The standard InChI is InChI=1S/C26H37NO2/c1-16-15-22-26(3,14-12-23(28)27-22)21-11-13-25(2)19(9-10-20(25)24(16)21)17-5-7-18(29-4)8-6-17/h5-8,16,19-22,24H,9-15H2,1-4H3,(H,27,28)/t16-,19+,20-,21-,22+,24-,25+,26+/m0/s1. The van der Waals surface area contributed by atoms with E-state index < -0.39 is 0 Å². The molecule has 4 aliphatic rings. The summed E-state index contributed by atoms with van der Waals surface area (Å²) in [7, 11) is 1.75. The van der Waals surface area contributed by atoms with Gasteiger partial charge in [-0.25, -0.2) is 0 Å². The molecule has 1 aromatic carbocycles. The predicted molar refractivity (Wildman–Crippen MR) is 116 cm³/mol. The van der Waals surface area contributed by atoms with Crippen LogP contribution >= 0.6 is 0 Å². The molecule has 1 amide bonds. The number of methoxy groups -OCH3 is 1. The van der Waals surface area contributed by atoms with Crippen molar-refractivity contribution in [2.24, 2.45) is 34.5 Å². The largest absolute Gasteiger partial charge is 0.497 e. The molecule has 1 aliphatic heterocycles. The number of rotatable bonds is 2. The quantitative estimate of drug-likeness (QED) is 0.713. The van der Waals surface area contributed by atoms with Gasteiger partial charge in [0.2, 0.25) is 5.91 Å². The van der Waals surface area contributed by atoms with Crippen molar-refractivity contribution in [3.05, 3.63) is 29.8 Å². The molecule has 1 N–H and O–H groups in total. The Morgan fingerprint density at radius 1 is 1.00 bits per heavy atom. The summed E-state index contributed by atoms with van der Waals surface area (Å²) >= 11 is 0. The summed E-state index contributed by atoms with van der Waals surface area (Å²) in [5.74, 6) is 5.01. The predicted octanol–water partition coefficient (Wildman–Crippen LogP) is 5.55. The van der Waals surface area contributed by atoms with Crippen LogP contribution in [0.3, 0.4) is 0 Å². The molecule has 1 aromatic rings. The summed E-state index contributed by atoms with van der Waals surface area (Å²) < 4.78 is 5.39. The van der Waals surface area contributed by atoms with Gasteiger partial charge < -0.3 is 10.1 Å². The van der Waals surface area contributed by atoms with Crippen molar-refractivity contribution < 1.29 is 9.53 Å². The average molecular weight is 396 g/mol. The minimum atomic E-state index is 0.277. The third-order valence-corrected chi connectivity index (χ3v) is 9.98. The van der Waals surface area contributed by atoms with Crippen LogP contribution in [0.25, 0.3) is 0 Å². The van der Waals surface area contributed by atoms with Crippen LogP contribution in [0.4, 0.5) is 0 Å². The summed E-state index contributed by atoms with van der Waals surface area (Å²) in [6, 6.07) is 9.28. The van der Waals surface area contributed by atoms with E-state index >= 15 is 0 Å². The highest BCUT2D eigenvalue weighted by atomic mass is 16.5. The van der Waals surface area contributed by atoms with E-state index in [1.165, 1.54) is 37.7 Å². The van der Waals surface area contributed by atoms with Gasteiger partial charge >= 0.3 is 0 Å². The number of piperidine rings is 1. The Morgan fingerprint density at radius 3 is 2.45 bits per heavy atom. The molecule has 3 nitrogen and oxygen atoms in total. The highest BCUT2D eigenvalue weighted by Gasteiger charge is 2.62. The van der Waals surface area contributed by atoms with Crippen molar-refractivity contribution in [1.82, 2.24) is 5.32 Å². The SMILES string of the molecule is COc1ccc([C@H]2CC[C@H]3[C@@H]4[C@@H](C)C[C@H]5NC(=O)CC[C@]5(C)[C@H]4CC[C@]23C)cc1. The number of nitrogens with one attached hydrogen (secondary N) is 1. The Hall–Kier alpha value is -1.51. The second-order valence-electron chi connectivity index (χ2n) is 11.1. The van der Waals surface area contributed by atoms with Crippen LogP contribution < -0.4 is 10.1 Å². The van der Waals surface area contributed by atoms with Gasteiger partial charge in [-0.15, -0.1) is 0 Å². The molecular weight excluding hydrogens is 358 g/mol. The first-order valence-electron chi connectivity index (χ1n) is 11.8. The van der Waals surface area contributed by atoms with Gasteiger partial charge in [-0.2, -0.15) is 0 Å². The zero-order chi connectivity index (χ0) is 20.4. The molecule has 29 heavy (non-hydrogen) atoms. The highest BCUT2D eigenvalue weighted by Crippen LogP contribution is 2.68. The molecule has 5 rings (SSSR count). The van der Waals surface area contributed by atoms with Gasteiger partial charge in [0.15, 0.2) is 0 Å². The number of carbonyl (C=O) groups excluding carboxylic acids is 1. The van der Waals surface area contributed by atoms with Crippen molar-refractivity contribution in [2.45, 2.75) is 77.7 Å². The lowest BCUT2D eigenvalue weighted by Gasteiger charge is -2.62. The van der Waals surface area contributed by atoms with Crippen molar-refractivity contribution in [3.8, 4) is 5.75 Å². The molecule has 0 spiro atoms. The lowest BCUT2D eigenvalue weighted by atomic mass is 9.44. The molecule has 1 saturated heterocycles. The van der Waals surface area contributed by atoms with Crippen molar-refractivity contribution >= 4 is 5.91 Å². The molecule has 0 aromatic heterocycles. The van der Waals surface area contributed by atoms with Crippen LogP contribution in [0.15, 0.2) is 24.3 Å². The first-order chi connectivity index (χ1) is 13.9. The van der Waals surface area contributed by atoms with Gasteiger partial charge in [0.1, 0.15) is 5.75 Å². The van der Waals surface area contributed by atoms with E-state index in [-0.39, 0.29) is 5.91 Å². The Kier molecular flexibility index (Phi) is 4.53. The third-order valence-electron chi connectivity index (χ3n) is 9.98. The van der Waals surface area contributed by atoms with Crippen LogP contribution in [0.1, 0.15) is 77.2 Å². The number of carbonyl (C=O) groups is 1. The molecule has 3 aliphatic carbocycles. The second-order valence-corrected chi connectivity index (χ2v) is 11.1. The van der Waals surface area contributed by atoms with E-state index in [9.17, 15) is 4.79 Å². The zero-order valence-electron chi connectivity index (χ0n) is 18.5. The van der Waals surface area contributed by atoms with Crippen LogP contribution in [0, 0.1) is 34.5 Å². The molecule has 0 radical (unpaired) electrons. The van der Waals surface area contributed by atoms with Gasteiger partial charge in [0.25, 0.3) is 0 Å². The lowest BCUT2D eigenvalue weighted by molar-refractivity contribution is -0.142. The zero-order valence-corrected chi connectivity index (χ0v) is 18.5. The molecule has 0 unspecified atom stereocenters. The van der Waals surface area contributed by atoms with Crippen LogP contribution in [0.5, 0.6) is 5.75 Å². The number of ether oxygens (including phenoxy) is 1. The lowest BCUT2D eigenvalue weighted by Crippen LogP contribution is -2.62. The Balaban J connectivity index is 1.45. The molecule has 1 heterocycles. The maximum absolute atomic E-state index is 12.1. The van der Waals surface area contributed by atoms with Gasteiger partial charge in [-0.1, -0.05) is 32.9 Å². The Bertz CT molecular complexity index is 788. The normalized spacial score (nSPS) is 46.3. The molecule has 3 saturated carbocycles. The van der Waals surface area contributed by atoms with E-state index in [2.05, 4.69) is 50.4 Å². The van der Waals surface area contributed by atoms with Crippen LogP contribution in [-0.2, 0) is 4.79 Å². The molecule has 8 atom stereocenters. The third kappa shape index (κ3) is 2.79. The van der Waals surface area contributed by atoms with E-state index in [0.717, 1.165) is 36.3 Å². The highest BCUT2D eigenvalue weighted by molar-refractivity contribution is 5.77. The fourth-order valence-electron chi connectivity index (χ4n) is 8.43. The van der Waals surface area contributed by atoms with Crippen LogP contribution in [0.2, 0.25) is 0 Å². The van der Waals surface area contributed by atoms with E-state index in [1.54, 1.807) is 7.11 Å². The minimum Gasteiger partial charge on any atom is -0.497 e. The fraction of sp³-hybridized carbons (Fsp3) is 0.731. The summed E-state index contributed by atoms with van der Waals surface area (Å²) in [6.07, 6.45) is 8.33. The summed E-state index contributed by atoms with van der Waals surface area (Å²) in [4.78, 5) is 12.1. The fourth-order valence-corrected chi connectivity index (χ4v) is 8.43. The number of amides is 1. The van der Waals surface area contributed by atoms with Crippen molar-refractivity contribution in [2.75, 3.05) is 7.11 Å². The van der Waals surface area contributed by atoms with Gasteiger partial charge in [0, 0.05) is 12.5 Å². The first-order valence-corrected chi connectivity index (χ1v) is 11.8. The minimum absolute atomic E-state index is 0.277. The second kappa shape index (κ2) is 6.75. The van der Waals surface area contributed by atoms with Gasteiger partial charge in [0.05, 0.1) is 7.11 Å². The Morgan fingerprint density at radius 2 is 1.72 bits per heavy atom. The average Bonchev–Trinajstić information content (AvgIpc) is 3.06. The number of hydrogen-bond donors (Lipinski definition) is 1. The van der Waals surface area contributed by atoms with Crippen LogP contribution in [-0.4, -0.2) is 19.1 Å². The molecule has 4 fully saturated rings. The number of benzene rings is 1. The van der Waals surface area contributed by atoms with E-state index in [4.69, 9.17) is 4.74 Å². The van der Waals surface area contributed by atoms with Gasteiger partial charge in [-0.3, -0.25) is 4.79 Å². The summed E-state index contributed by atoms with van der Waals surface area (Å²) in [5, 5.41) is 3.39. The first kappa shape index (κ1) is 19.5. The van der Waals surface area contributed by atoms with Crippen molar-refractivity contribution in [3.63, 3.8) is 0 Å². The maximum Gasteiger partial charge on any atom is 0.220 e. The number of hydrogen-bond acceptors (Lipinski definition) is 2. The Labute approximate surface area is 176 Å². The smallest absolute Gasteiger partial charge is 0.220 e. The van der Waals surface area contributed by atoms with E-state index in [0.29, 0.717) is 28.7 Å². The molecule has 0 bridgehead atoms. The molecule has 158 valence electrons. The number of fused-ring (bicyclic) bond motifs is 5. The molecule has 3 heteroatoms. The monoisotopic (exact) mass is 395 g/mol. The maximum atomic E-state index is 12.1. The molecular formula is C26H37NO2. The van der Waals surface area contributed by atoms with Gasteiger partial charge in [-0.05, 0) is 96.6 Å².